The van der Waals surface area contributed by atoms with E-state index in [0.717, 1.165) is 81.3 Å². The molecule has 2 aromatic heterocycles. The lowest BCUT2D eigenvalue weighted by Gasteiger charge is -2.30. The third-order valence-electron chi connectivity index (χ3n) is 8.49. The van der Waals surface area contributed by atoms with Crippen molar-refractivity contribution in [3.05, 3.63) is 71.2 Å². The van der Waals surface area contributed by atoms with Gasteiger partial charge in [-0.3, -0.25) is 9.78 Å². The van der Waals surface area contributed by atoms with Gasteiger partial charge in [0, 0.05) is 55.3 Å². The minimum Gasteiger partial charge on any atom is -0.378 e. The highest BCUT2D eigenvalue weighted by Gasteiger charge is 2.27. The maximum absolute atomic E-state index is 13.1. The second-order valence-electron chi connectivity index (χ2n) is 11.3. The van der Waals surface area contributed by atoms with Crippen molar-refractivity contribution in [3.8, 4) is 11.3 Å². The Kier molecular flexibility index (Phi) is 8.64. The first-order chi connectivity index (χ1) is 19.7. The van der Waals surface area contributed by atoms with Gasteiger partial charge in [0.2, 0.25) is 5.95 Å². The van der Waals surface area contributed by atoms with E-state index in [1.807, 2.05) is 30.6 Å². The number of hydrogen-bond donors (Lipinski definition) is 1. The van der Waals surface area contributed by atoms with Crippen LogP contribution in [0.25, 0.3) is 11.3 Å². The average Bonchev–Trinajstić information content (AvgIpc) is 3.02. The molecule has 0 saturated carbocycles. The monoisotopic (exact) mass is 540 g/mol. The van der Waals surface area contributed by atoms with Crippen LogP contribution in [0.3, 0.4) is 0 Å². The van der Waals surface area contributed by atoms with Gasteiger partial charge in [-0.25, -0.2) is 9.97 Å². The molecule has 1 unspecified atom stereocenters. The molecule has 1 aliphatic carbocycles. The van der Waals surface area contributed by atoms with Crippen LogP contribution in [0.2, 0.25) is 0 Å². The first kappa shape index (κ1) is 26.8. The fourth-order valence-corrected chi connectivity index (χ4v) is 6.26. The van der Waals surface area contributed by atoms with Gasteiger partial charge in [-0.05, 0) is 87.4 Å². The Morgan fingerprint density at radius 1 is 1.00 bits per heavy atom. The number of hydrogen-bond acceptors (Lipinski definition) is 7. The zero-order valence-corrected chi connectivity index (χ0v) is 23.4. The number of amides is 1. The molecule has 1 aromatic carbocycles. The Morgan fingerprint density at radius 2 is 1.82 bits per heavy atom. The SMILES string of the molecule is O=C(NCCN1CCCCC1)c1cccc(-c2nc(N3CCOCC3)nc3c2CCC(Cc2ccncc2)C3)c1. The van der Waals surface area contributed by atoms with Crippen LogP contribution in [0.15, 0.2) is 48.8 Å². The van der Waals surface area contributed by atoms with Gasteiger partial charge in [0.1, 0.15) is 0 Å². The van der Waals surface area contributed by atoms with Crippen molar-refractivity contribution in [2.75, 3.05) is 57.4 Å². The van der Waals surface area contributed by atoms with Crippen LogP contribution in [-0.2, 0) is 24.0 Å². The van der Waals surface area contributed by atoms with Gasteiger partial charge in [-0.15, -0.1) is 0 Å². The summed E-state index contributed by atoms with van der Waals surface area (Å²) in [6.45, 7) is 6.82. The number of pyridine rings is 1. The summed E-state index contributed by atoms with van der Waals surface area (Å²) in [5.41, 5.74) is 6.34. The molecule has 2 aliphatic heterocycles. The van der Waals surface area contributed by atoms with E-state index in [-0.39, 0.29) is 5.91 Å². The fraction of sp³-hybridized carbons (Fsp3) is 0.500. The van der Waals surface area contributed by atoms with E-state index in [4.69, 9.17) is 14.7 Å². The number of rotatable bonds is 8. The van der Waals surface area contributed by atoms with Gasteiger partial charge in [-0.2, -0.15) is 0 Å². The number of piperidine rings is 1. The van der Waals surface area contributed by atoms with E-state index >= 15 is 0 Å². The van der Waals surface area contributed by atoms with Crippen molar-refractivity contribution in [2.45, 2.75) is 44.9 Å². The Hall–Kier alpha value is -3.36. The molecule has 3 aliphatic rings. The summed E-state index contributed by atoms with van der Waals surface area (Å²) < 4.78 is 5.60. The standard InChI is InChI=1S/C32H40N6O2/c39-31(34-13-16-37-14-2-1-3-15-37)27-6-4-5-26(23-27)30-28-8-7-25(21-24-9-11-33-12-10-24)22-29(28)35-32(36-30)38-17-19-40-20-18-38/h4-6,9-12,23,25H,1-3,7-8,13-22H2,(H,34,39). The van der Waals surface area contributed by atoms with E-state index in [9.17, 15) is 4.79 Å². The Bertz CT molecular complexity index is 1290. The molecule has 1 amide bonds. The number of aromatic nitrogens is 3. The van der Waals surface area contributed by atoms with Crippen molar-refractivity contribution in [1.29, 1.82) is 0 Å². The summed E-state index contributed by atoms with van der Waals surface area (Å²) in [6.07, 6.45) is 11.6. The summed E-state index contributed by atoms with van der Waals surface area (Å²) in [4.78, 5) is 32.2. The number of morpholine rings is 1. The molecule has 0 bridgehead atoms. The highest BCUT2D eigenvalue weighted by atomic mass is 16.5. The van der Waals surface area contributed by atoms with Gasteiger partial charge in [0.05, 0.1) is 24.6 Å². The van der Waals surface area contributed by atoms with Crippen LogP contribution in [0, 0.1) is 5.92 Å². The predicted molar refractivity (Wildman–Crippen MR) is 157 cm³/mol. The molecular weight excluding hydrogens is 500 g/mol. The van der Waals surface area contributed by atoms with Crippen molar-refractivity contribution < 1.29 is 9.53 Å². The maximum Gasteiger partial charge on any atom is 0.251 e. The van der Waals surface area contributed by atoms with Crippen molar-refractivity contribution in [3.63, 3.8) is 0 Å². The molecular formula is C32H40N6O2. The molecule has 1 N–H and O–H groups in total. The summed E-state index contributed by atoms with van der Waals surface area (Å²) in [7, 11) is 0. The molecule has 8 heteroatoms. The van der Waals surface area contributed by atoms with Gasteiger partial charge in [0.15, 0.2) is 0 Å². The van der Waals surface area contributed by atoms with Gasteiger partial charge in [0.25, 0.3) is 5.91 Å². The first-order valence-electron chi connectivity index (χ1n) is 15.0. The highest BCUT2D eigenvalue weighted by molar-refractivity contribution is 5.95. The number of benzene rings is 1. The lowest BCUT2D eigenvalue weighted by Crippen LogP contribution is -2.38. The second kappa shape index (κ2) is 12.9. The lowest BCUT2D eigenvalue weighted by atomic mass is 9.82. The van der Waals surface area contributed by atoms with Crippen molar-refractivity contribution >= 4 is 11.9 Å². The maximum atomic E-state index is 13.1. The molecule has 2 saturated heterocycles. The molecule has 6 rings (SSSR count). The third-order valence-corrected chi connectivity index (χ3v) is 8.49. The van der Waals surface area contributed by atoms with Gasteiger partial charge in [-0.1, -0.05) is 18.6 Å². The minimum absolute atomic E-state index is 0.0207. The Labute approximate surface area is 237 Å². The van der Waals surface area contributed by atoms with Crippen LogP contribution in [-0.4, -0.2) is 78.2 Å². The normalized spacial score (nSPS) is 19.7. The van der Waals surface area contributed by atoms with E-state index in [1.54, 1.807) is 0 Å². The van der Waals surface area contributed by atoms with Crippen LogP contribution >= 0.6 is 0 Å². The molecule has 40 heavy (non-hydrogen) atoms. The molecule has 8 nitrogen and oxygen atoms in total. The van der Waals surface area contributed by atoms with E-state index in [2.05, 4.69) is 38.3 Å². The average molecular weight is 541 g/mol. The van der Waals surface area contributed by atoms with Gasteiger partial charge < -0.3 is 19.9 Å². The molecule has 0 radical (unpaired) electrons. The zero-order valence-electron chi connectivity index (χ0n) is 23.4. The highest BCUT2D eigenvalue weighted by Crippen LogP contribution is 2.35. The Balaban J connectivity index is 1.23. The van der Waals surface area contributed by atoms with Crippen molar-refractivity contribution in [1.82, 2.24) is 25.2 Å². The fourth-order valence-electron chi connectivity index (χ4n) is 6.26. The van der Waals surface area contributed by atoms with E-state index in [1.165, 1.54) is 30.4 Å². The number of carbonyl (C=O) groups is 1. The van der Waals surface area contributed by atoms with Crippen LogP contribution in [0.5, 0.6) is 0 Å². The number of nitrogens with zero attached hydrogens (tertiary/aromatic N) is 5. The van der Waals surface area contributed by atoms with Gasteiger partial charge >= 0.3 is 0 Å². The summed E-state index contributed by atoms with van der Waals surface area (Å²) in [5.74, 6) is 1.29. The van der Waals surface area contributed by atoms with E-state index in [0.29, 0.717) is 31.2 Å². The smallest absolute Gasteiger partial charge is 0.251 e. The number of carbonyl (C=O) groups excluding carboxylic acids is 1. The largest absolute Gasteiger partial charge is 0.378 e. The molecule has 3 aromatic rings. The molecule has 0 spiro atoms. The first-order valence-corrected chi connectivity index (χ1v) is 15.0. The second-order valence-corrected chi connectivity index (χ2v) is 11.3. The van der Waals surface area contributed by atoms with Crippen LogP contribution in [0.4, 0.5) is 5.95 Å². The zero-order chi connectivity index (χ0) is 27.1. The number of ether oxygens (including phenoxy) is 1. The lowest BCUT2D eigenvalue weighted by molar-refractivity contribution is 0.0946. The summed E-state index contributed by atoms with van der Waals surface area (Å²) in [5, 5.41) is 3.14. The summed E-state index contributed by atoms with van der Waals surface area (Å²) >= 11 is 0. The molecule has 2 fully saturated rings. The van der Waals surface area contributed by atoms with Crippen LogP contribution in [0.1, 0.15) is 52.9 Å². The third kappa shape index (κ3) is 6.50. The quantitative estimate of drug-likeness (QED) is 0.463. The van der Waals surface area contributed by atoms with E-state index < -0.39 is 0 Å². The number of fused-ring (bicyclic) bond motifs is 1. The van der Waals surface area contributed by atoms with Crippen molar-refractivity contribution in [2.24, 2.45) is 5.92 Å². The predicted octanol–water partition coefficient (Wildman–Crippen LogP) is 3.94. The molecule has 210 valence electrons. The summed E-state index contributed by atoms with van der Waals surface area (Å²) in [6, 6.07) is 12.2. The minimum atomic E-state index is -0.0207. The number of nitrogens with one attached hydrogen (secondary N) is 1. The molecule has 1 atom stereocenters. The topological polar surface area (TPSA) is 83.5 Å². The number of likely N-dealkylation sites (tertiary alicyclic amines) is 1. The molecule has 4 heterocycles. The van der Waals surface area contributed by atoms with Crippen LogP contribution < -0.4 is 10.2 Å². The number of anilines is 1. The Morgan fingerprint density at radius 3 is 2.65 bits per heavy atom.